The van der Waals surface area contributed by atoms with Gasteiger partial charge in [0.15, 0.2) is 5.78 Å². The van der Waals surface area contributed by atoms with E-state index >= 15 is 0 Å². The molecule has 54 valence electrons. The number of carbonyl (C=O) groups excluding carboxylic acids is 1. The molecule has 0 N–H and O–H groups in total. The zero-order chi connectivity index (χ0) is 7.56. The summed E-state index contributed by atoms with van der Waals surface area (Å²) in [5, 5.41) is 0. The van der Waals surface area contributed by atoms with Gasteiger partial charge in [0, 0.05) is 6.42 Å². The van der Waals surface area contributed by atoms with E-state index in [0.717, 1.165) is 12.0 Å². The molecule has 10 heavy (non-hydrogen) atoms. The van der Waals surface area contributed by atoms with Crippen LogP contribution in [0.4, 0.5) is 0 Å². The van der Waals surface area contributed by atoms with Gasteiger partial charge in [-0.05, 0) is 37.5 Å². The summed E-state index contributed by atoms with van der Waals surface area (Å²) >= 11 is 0. The smallest absolute Gasteiger partial charge is 0.156 e. The summed E-state index contributed by atoms with van der Waals surface area (Å²) in [4.78, 5) is 10.8. The van der Waals surface area contributed by atoms with Crippen molar-refractivity contribution in [3.63, 3.8) is 0 Å². The fraction of sp³-hybridized carbons (Fsp3) is 0.444. The standard InChI is InChI=1S/C9H12O/c1-3-8-4-5-9(10)6-7(8)2/h3,6H,4-5H2,1-2H3/b8-3+. The van der Waals surface area contributed by atoms with Gasteiger partial charge in [0.1, 0.15) is 0 Å². The SMILES string of the molecule is C/C=C1\CCC(=O)C=C1C. The van der Waals surface area contributed by atoms with E-state index in [2.05, 4.69) is 6.08 Å². The molecule has 0 bridgehead atoms. The summed E-state index contributed by atoms with van der Waals surface area (Å²) < 4.78 is 0. The van der Waals surface area contributed by atoms with E-state index in [-0.39, 0.29) is 5.78 Å². The van der Waals surface area contributed by atoms with Crippen LogP contribution in [0.3, 0.4) is 0 Å². The highest BCUT2D eigenvalue weighted by atomic mass is 16.1. The molecule has 0 saturated carbocycles. The van der Waals surface area contributed by atoms with Crippen LogP contribution in [0.15, 0.2) is 23.3 Å². The maximum absolute atomic E-state index is 10.8. The van der Waals surface area contributed by atoms with Crippen molar-refractivity contribution in [2.45, 2.75) is 26.7 Å². The molecule has 0 aliphatic heterocycles. The molecule has 0 saturated heterocycles. The Labute approximate surface area is 61.4 Å². The second-order valence-electron chi connectivity index (χ2n) is 2.61. The van der Waals surface area contributed by atoms with Crippen molar-refractivity contribution < 1.29 is 4.79 Å². The van der Waals surface area contributed by atoms with Crippen LogP contribution < -0.4 is 0 Å². The summed E-state index contributed by atoms with van der Waals surface area (Å²) in [5.74, 6) is 0.267. The highest BCUT2D eigenvalue weighted by molar-refractivity contribution is 5.92. The molecule has 0 heterocycles. The second-order valence-corrected chi connectivity index (χ2v) is 2.61. The third-order valence-corrected chi connectivity index (χ3v) is 1.87. The summed E-state index contributed by atoms with van der Waals surface area (Å²) in [7, 11) is 0. The van der Waals surface area contributed by atoms with Crippen molar-refractivity contribution in [1.82, 2.24) is 0 Å². The minimum atomic E-state index is 0.267. The molecule has 0 unspecified atom stereocenters. The Morgan fingerprint density at radius 2 is 2.20 bits per heavy atom. The Kier molecular flexibility index (Phi) is 2.05. The molecule has 0 spiro atoms. The van der Waals surface area contributed by atoms with Gasteiger partial charge in [-0.25, -0.2) is 0 Å². The van der Waals surface area contributed by atoms with E-state index in [4.69, 9.17) is 0 Å². The van der Waals surface area contributed by atoms with E-state index < -0.39 is 0 Å². The Morgan fingerprint density at radius 3 is 2.70 bits per heavy atom. The predicted molar refractivity (Wildman–Crippen MR) is 41.8 cm³/mol. The first-order valence-electron chi connectivity index (χ1n) is 3.60. The van der Waals surface area contributed by atoms with Crippen molar-refractivity contribution >= 4 is 5.78 Å². The van der Waals surface area contributed by atoms with E-state index in [1.807, 2.05) is 13.8 Å². The monoisotopic (exact) mass is 136 g/mol. The second kappa shape index (κ2) is 2.82. The van der Waals surface area contributed by atoms with Crippen molar-refractivity contribution in [2.75, 3.05) is 0 Å². The lowest BCUT2D eigenvalue weighted by Crippen LogP contribution is -2.03. The quantitative estimate of drug-likeness (QED) is 0.499. The van der Waals surface area contributed by atoms with Gasteiger partial charge in [-0.1, -0.05) is 6.08 Å². The van der Waals surface area contributed by atoms with Gasteiger partial charge in [-0.15, -0.1) is 0 Å². The number of hydrogen-bond acceptors (Lipinski definition) is 1. The van der Waals surface area contributed by atoms with E-state index in [9.17, 15) is 4.79 Å². The molecule has 0 radical (unpaired) electrons. The molecule has 0 aromatic carbocycles. The molecular weight excluding hydrogens is 124 g/mol. The Bertz CT molecular complexity index is 209. The Hall–Kier alpha value is -0.850. The highest BCUT2D eigenvalue weighted by Gasteiger charge is 2.09. The third-order valence-electron chi connectivity index (χ3n) is 1.87. The molecule has 1 aliphatic rings. The summed E-state index contributed by atoms with van der Waals surface area (Å²) in [6.45, 7) is 4.01. The first kappa shape index (κ1) is 7.26. The normalized spacial score (nSPS) is 23.2. The van der Waals surface area contributed by atoms with Crippen LogP contribution in [0.5, 0.6) is 0 Å². The highest BCUT2D eigenvalue weighted by Crippen LogP contribution is 2.20. The number of allylic oxidation sites excluding steroid dienone is 4. The van der Waals surface area contributed by atoms with Crippen LogP contribution in [0.25, 0.3) is 0 Å². The number of carbonyl (C=O) groups is 1. The number of rotatable bonds is 0. The van der Waals surface area contributed by atoms with Gasteiger partial charge in [0.2, 0.25) is 0 Å². The Morgan fingerprint density at radius 1 is 1.50 bits per heavy atom. The average molecular weight is 136 g/mol. The van der Waals surface area contributed by atoms with Crippen LogP contribution in [-0.2, 0) is 4.79 Å². The maximum atomic E-state index is 10.8. The fourth-order valence-electron chi connectivity index (χ4n) is 1.23. The van der Waals surface area contributed by atoms with Crippen LogP contribution >= 0.6 is 0 Å². The van der Waals surface area contributed by atoms with Gasteiger partial charge in [0.25, 0.3) is 0 Å². The van der Waals surface area contributed by atoms with Gasteiger partial charge in [0.05, 0.1) is 0 Å². The van der Waals surface area contributed by atoms with Crippen molar-refractivity contribution in [3.05, 3.63) is 23.3 Å². The lowest BCUT2D eigenvalue weighted by molar-refractivity contribution is -0.114. The third kappa shape index (κ3) is 1.35. The van der Waals surface area contributed by atoms with Crippen LogP contribution in [0.1, 0.15) is 26.7 Å². The zero-order valence-electron chi connectivity index (χ0n) is 6.48. The molecule has 1 aliphatic carbocycles. The van der Waals surface area contributed by atoms with Gasteiger partial charge in [-0.2, -0.15) is 0 Å². The van der Waals surface area contributed by atoms with Crippen molar-refractivity contribution in [2.24, 2.45) is 0 Å². The van der Waals surface area contributed by atoms with E-state index in [0.29, 0.717) is 6.42 Å². The van der Waals surface area contributed by atoms with E-state index in [1.54, 1.807) is 6.08 Å². The molecule has 1 nitrogen and oxygen atoms in total. The van der Waals surface area contributed by atoms with E-state index in [1.165, 1.54) is 5.57 Å². The lowest BCUT2D eigenvalue weighted by Gasteiger charge is -2.10. The average Bonchev–Trinajstić information content (AvgIpc) is 1.88. The van der Waals surface area contributed by atoms with Crippen molar-refractivity contribution in [1.29, 1.82) is 0 Å². The number of ketones is 1. The first-order chi connectivity index (χ1) is 4.74. The minimum Gasteiger partial charge on any atom is -0.295 e. The lowest BCUT2D eigenvalue weighted by atomic mass is 9.94. The summed E-state index contributed by atoms with van der Waals surface area (Å²) in [5.41, 5.74) is 2.46. The van der Waals surface area contributed by atoms with Crippen LogP contribution in [0, 0.1) is 0 Å². The molecule has 1 rings (SSSR count). The molecular formula is C9H12O. The first-order valence-corrected chi connectivity index (χ1v) is 3.60. The summed E-state index contributed by atoms with van der Waals surface area (Å²) in [6.07, 6.45) is 5.44. The Balaban J connectivity index is 2.87. The molecule has 0 aromatic rings. The maximum Gasteiger partial charge on any atom is 0.156 e. The molecule has 0 aromatic heterocycles. The zero-order valence-corrected chi connectivity index (χ0v) is 6.48. The van der Waals surface area contributed by atoms with Gasteiger partial charge in [-0.3, -0.25) is 4.79 Å². The molecule has 0 atom stereocenters. The topological polar surface area (TPSA) is 17.1 Å². The molecule has 0 amide bonds. The van der Waals surface area contributed by atoms with Gasteiger partial charge < -0.3 is 0 Å². The fourth-order valence-corrected chi connectivity index (χ4v) is 1.23. The molecule has 0 fully saturated rings. The minimum absolute atomic E-state index is 0.267. The van der Waals surface area contributed by atoms with Crippen LogP contribution in [0.2, 0.25) is 0 Å². The summed E-state index contributed by atoms with van der Waals surface area (Å²) in [6, 6.07) is 0. The molecule has 1 heteroatoms. The largest absolute Gasteiger partial charge is 0.295 e. The predicted octanol–water partition coefficient (Wildman–Crippen LogP) is 2.24. The van der Waals surface area contributed by atoms with Crippen LogP contribution in [-0.4, -0.2) is 5.78 Å². The van der Waals surface area contributed by atoms with Gasteiger partial charge >= 0.3 is 0 Å². The van der Waals surface area contributed by atoms with Crippen molar-refractivity contribution in [3.8, 4) is 0 Å². The number of hydrogen-bond donors (Lipinski definition) is 0.